The van der Waals surface area contributed by atoms with Gasteiger partial charge < -0.3 is 24.6 Å². The van der Waals surface area contributed by atoms with Crippen LogP contribution in [-0.2, 0) is 4.79 Å². The topological polar surface area (TPSA) is 97.3 Å². The number of phenolic OH excluding ortho intramolecular Hbond substituents is 1. The third kappa shape index (κ3) is 5.22. The number of fused-ring (bicyclic) bond motifs is 1. The lowest BCUT2D eigenvalue weighted by molar-refractivity contribution is -0.123. The molecule has 9 heteroatoms. The second-order valence-electron chi connectivity index (χ2n) is 9.34. The number of hydrogen-bond donors (Lipinski definition) is 2. The number of halogens is 1. The van der Waals surface area contributed by atoms with Crippen molar-refractivity contribution < 1.29 is 33.3 Å². The number of nitrogens with one attached hydrogen (secondary N) is 1. The lowest BCUT2D eigenvalue weighted by Gasteiger charge is -2.33. The number of carbonyl (C=O) groups is 2. The molecule has 0 aromatic heterocycles. The number of anilines is 1. The summed E-state index contributed by atoms with van der Waals surface area (Å²) in [6.45, 7) is 0.750. The molecule has 1 aliphatic carbocycles. The first kappa shape index (κ1) is 25.4. The molecule has 3 aromatic rings. The van der Waals surface area contributed by atoms with Crippen LogP contribution in [0.4, 0.5) is 10.1 Å². The predicted octanol–water partition coefficient (Wildman–Crippen LogP) is 4.76. The van der Waals surface area contributed by atoms with Crippen LogP contribution < -0.4 is 24.4 Å². The van der Waals surface area contributed by atoms with E-state index >= 15 is 0 Å². The monoisotopic (exact) mass is 520 g/mol. The van der Waals surface area contributed by atoms with Crippen molar-refractivity contribution in [2.45, 2.75) is 37.8 Å². The van der Waals surface area contributed by atoms with Gasteiger partial charge in [-0.2, -0.15) is 0 Å². The fourth-order valence-electron chi connectivity index (χ4n) is 4.96. The van der Waals surface area contributed by atoms with Crippen LogP contribution in [0.2, 0.25) is 0 Å². The first-order chi connectivity index (χ1) is 18.4. The first-order valence-corrected chi connectivity index (χ1v) is 12.6. The van der Waals surface area contributed by atoms with E-state index in [1.807, 2.05) is 0 Å². The van der Waals surface area contributed by atoms with Gasteiger partial charge in [-0.25, -0.2) is 4.39 Å². The predicted molar refractivity (Wildman–Crippen MR) is 138 cm³/mol. The van der Waals surface area contributed by atoms with Crippen LogP contribution in [0.25, 0.3) is 0 Å². The Morgan fingerprint density at radius 1 is 1.03 bits per heavy atom. The molecule has 8 nitrogen and oxygen atoms in total. The van der Waals surface area contributed by atoms with Crippen molar-refractivity contribution >= 4 is 17.5 Å². The Balaban J connectivity index is 1.63. The van der Waals surface area contributed by atoms with Gasteiger partial charge in [-0.1, -0.05) is 25.0 Å². The van der Waals surface area contributed by atoms with Crippen LogP contribution in [0.3, 0.4) is 0 Å². The molecule has 1 heterocycles. The molecule has 38 heavy (non-hydrogen) atoms. The molecular weight excluding hydrogens is 491 g/mol. The van der Waals surface area contributed by atoms with E-state index < -0.39 is 23.7 Å². The fraction of sp³-hybridized carbons (Fsp3) is 0.310. The maximum atomic E-state index is 14.5. The van der Waals surface area contributed by atoms with Gasteiger partial charge in [0.15, 0.2) is 23.0 Å². The summed E-state index contributed by atoms with van der Waals surface area (Å²) in [6.07, 6.45) is 3.69. The third-order valence-electron chi connectivity index (χ3n) is 6.82. The van der Waals surface area contributed by atoms with E-state index in [0.29, 0.717) is 30.3 Å². The maximum absolute atomic E-state index is 14.5. The Morgan fingerprint density at radius 2 is 1.79 bits per heavy atom. The summed E-state index contributed by atoms with van der Waals surface area (Å²) in [6, 6.07) is 13.6. The highest BCUT2D eigenvalue weighted by Gasteiger charge is 2.36. The van der Waals surface area contributed by atoms with Gasteiger partial charge in [0, 0.05) is 17.3 Å². The zero-order valence-electron chi connectivity index (χ0n) is 21.0. The van der Waals surface area contributed by atoms with Crippen molar-refractivity contribution in [3.63, 3.8) is 0 Å². The number of hydrogen-bond acceptors (Lipinski definition) is 6. The molecule has 1 aliphatic heterocycles. The summed E-state index contributed by atoms with van der Waals surface area (Å²) in [7, 11) is 1.40. The molecule has 2 amide bonds. The van der Waals surface area contributed by atoms with Gasteiger partial charge in [-0.15, -0.1) is 0 Å². The summed E-state index contributed by atoms with van der Waals surface area (Å²) < 4.78 is 31.0. The number of carbonyl (C=O) groups excluding carboxylic acids is 2. The molecule has 1 fully saturated rings. The lowest BCUT2D eigenvalue weighted by atomic mass is 10.00. The van der Waals surface area contributed by atoms with Gasteiger partial charge in [-0.3, -0.25) is 14.5 Å². The number of amides is 2. The zero-order valence-corrected chi connectivity index (χ0v) is 21.0. The normalized spacial score (nSPS) is 15.5. The Labute approximate surface area is 219 Å². The largest absolute Gasteiger partial charge is 0.504 e. The van der Waals surface area contributed by atoms with E-state index in [1.54, 1.807) is 30.3 Å². The third-order valence-corrected chi connectivity index (χ3v) is 6.82. The van der Waals surface area contributed by atoms with Gasteiger partial charge in [0.25, 0.3) is 5.91 Å². The number of benzene rings is 3. The highest BCUT2D eigenvalue weighted by atomic mass is 19.1. The number of methoxy groups -OCH3 is 1. The minimum absolute atomic E-state index is 0.0252. The SMILES string of the molecule is COc1cc([C@H](C(=O)NC2CCCC2)N(C(=O)c2ccc3c(c2)OCCO3)c2cccc(F)c2)ccc1O. The number of rotatable bonds is 7. The van der Waals surface area contributed by atoms with Gasteiger partial charge in [0.05, 0.1) is 7.11 Å². The maximum Gasteiger partial charge on any atom is 0.259 e. The van der Waals surface area contributed by atoms with E-state index in [9.17, 15) is 19.1 Å². The van der Waals surface area contributed by atoms with E-state index in [4.69, 9.17) is 14.2 Å². The highest BCUT2D eigenvalue weighted by molar-refractivity contribution is 6.10. The molecule has 0 unspecified atom stereocenters. The minimum atomic E-state index is -1.19. The molecule has 5 rings (SSSR count). The summed E-state index contributed by atoms with van der Waals surface area (Å²) in [5.74, 6) is -0.538. The molecule has 0 radical (unpaired) electrons. The van der Waals surface area contributed by atoms with Crippen LogP contribution in [0, 0.1) is 5.82 Å². The second kappa shape index (κ2) is 11.0. The van der Waals surface area contributed by atoms with E-state index in [1.165, 1.54) is 42.3 Å². The number of ether oxygens (including phenoxy) is 3. The zero-order chi connectivity index (χ0) is 26.6. The Morgan fingerprint density at radius 3 is 2.53 bits per heavy atom. The smallest absolute Gasteiger partial charge is 0.259 e. The molecule has 1 saturated carbocycles. The van der Waals surface area contributed by atoms with Gasteiger partial charge in [0.1, 0.15) is 25.1 Å². The number of phenols is 1. The molecule has 3 aromatic carbocycles. The van der Waals surface area contributed by atoms with E-state index in [2.05, 4.69) is 5.32 Å². The molecule has 1 atom stereocenters. The number of aromatic hydroxyl groups is 1. The summed E-state index contributed by atoms with van der Waals surface area (Å²) in [5, 5.41) is 13.3. The Hall–Kier alpha value is -4.27. The van der Waals surface area contributed by atoms with Crippen LogP contribution in [0.1, 0.15) is 47.6 Å². The van der Waals surface area contributed by atoms with Crippen LogP contribution in [0.15, 0.2) is 60.7 Å². The minimum Gasteiger partial charge on any atom is -0.504 e. The van der Waals surface area contributed by atoms with Crippen molar-refractivity contribution in [1.29, 1.82) is 0 Å². The van der Waals surface area contributed by atoms with Gasteiger partial charge in [0.2, 0.25) is 5.91 Å². The van der Waals surface area contributed by atoms with E-state index in [-0.39, 0.29) is 28.8 Å². The first-order valence-electron chi connectivity index (χ1n) is 12.6. The molecule has 2 aliphatic rings. The number of nitrogens with zero attached hydrogens (tertiary/aromatic N) is 1. The Bertz CT molecular complexity index is 1340. The molecule has 0 bridgehead atoms. The van der Waals surface area contributed by atoms with Crippen molar-refractivity contribution in [2.75, 3.05) is 25.2 Å². The second-order valence-corrected chi connectivity index (χ2v) is 9.34. The van der Waals surface area contributed by atoms with Crippen LogP contribution >= 0.6 is 0 Å². The van der Waals surface area contributed by atoms with Crippen LogP contribution in [-0.4, -0.2) is 43.3 Å². The van der Waals surface area contributed by atoms with Crippen LogP contribution in [0.5, 0.6) is 23.0 Å². The van der Waals surface area contributed by atoms with E-state index in [0.717, 1.165) is 25.7 Å². The van der Waals surface area contributed by atoms with Gasteiger partial charge in [-0.05, 0) is 66.9 Å². The Kier molecular flexibility index (Phi) is 7.35. The molecule has 2 N–H and O–H groups in total. The average Bonchev–Trinajstić information content (AvgIpc) is 3.44. The summed E-state index contributed by atoms with van der Waals surface area (Å²) >= 11 is 0. The summed E-state index contributed by atoms with van der Waals surface area (Å²) in [5.41, 5.74) is 0.830. The van der Waals surface area contributed by atoms with Crippen molar-refractivity contribution in [2.24, 2.45) is 0 Å². The molecule has 198 valence electrons. The van der Waals surface area contributed by atoms with Crippen molar-refractivity contribution in [3.05, 3.63) is 77.6 Å². The fourth-order valence-corrected chi connectivity index (χ4v) is 4.96. The standard InChI is InChI=1S/C29H29FN2O6/c1-36-25-15-18(9-11-23(25)33)27(28(34)31-21-6-2-3-7-21)32(22-8-4-5-20(30)17-22)29(35)19-10-12-24-26(16-19)38-14-13-37-24/h4-5,8-12,15-17,21,27,33H,2-3,6-7,13-14H2,1H3,(H,31,34)/t27-/m1/s1. The van der Waals surface area contributed by atoms with Crippen molar-refractivity contribution in [3.8, 4) is 23.0 Å². The molecule has 0 spiro atoms. The lowest BCUT2D eigenvalue weighted by Crippen LogP contribution is -2.46. The average molecular weight is 521 g/mol. The molecular formula is C29H29FN2O6. The van der Waals surface area contributed by atoms with Crippen molar-refractivity contribution in [1.82, 2.24) is 5.32 Å². The molecule has 0 saturated heterocycles. The quantitative estimate of drug-likeness (QED) is 0.466. The summed E-state index contributed by atoms with van der Waals surface area (Å²) in [4.78, 5) is 29.3. The highest BCUT2D eigenvalue weighted by Crippen LogP contribution is 2.37. The van der Waals surface area contributed by atoms with Gasteiger partial charge >= 0.3 is 0 Å².